The summed E-state index contributed by atoms with van der Waals surface area (Å²) in [6.45, 7) is 3.40. The zero-order valence-electron chi connectivity index (χ0n) is 13.6. The minimum Gasteiger partial charge on any atom is -0.494 e. The number of piperidine rings is 1. The van der Waals surface area contributed by atoms with Gasteiger partial charge >= 0.3 is 0 Å². The number of non-ortho nitro benzene ring substituents is 1. The van der Waals surface area contributed by atoms with Gasteiger partial charge in [-0.15, -0.1) is 0 Å². The summed E-state index contributed by atoms with van der Waals surface area (Å²) in [6, 6.07) is 4.62. The van der Waals surface area contributed by atoms with Crippen LogP contribution in [0.15, 0.2) is 18.2 Å². The van der Waals surface area contributed by atoms with Crippen LogP contribution < -0.4 is 10.1 Å². The summed E-state index contributed by atoms with van der Waals surface area (Å²) in [7, 11) is 1.42. The number of carbonyl (C=O) groups excluding carboxylic acids is 1. The summed E-state index contributed by atoms with van der Waals surface area (Å²) in [5.41, 5.74) is 0.384. The molecule has 0 bridgehead atoms. The molecule has 126 valence electrons. The van der Waals surface area contributed by atoms with Crippen LogP contribution in [0.4, 0.5) is 11.4 Å². The van der Waals surface area contributed by atoms with Crippen molar-refractivity contribution in [2.45, 2.75) is 38.6 Å². The average Bonchev–Trinajstić information content (AvgIpc) is 2.55. The molecule has 7 heteroatoms. The second kappa shape index (κ2) is 7.92. The summed E-state index contributed by atoms with van der Waals surface area (Å²) in [4.78, 5) is 24.8. The third-order valence-electron chi connectivity index (χ3n) is 4.24. The molecule has 1 fully saturated rings. The Labute approximate surface area is 135 Å². The molecule has 0 radical (unpaired) electrons. The van der Waals surface area contributed by atoms with E-state index in [-0.39, 0.29) is 11.6 Å². The van der Waals surface area contributed by atoms with Crippen LogP contribution in [-0.2, 0) is 4.79 Å². The van der Waals surface area contributed by atoms with Crippen molar-refractivity contribution in [1.29, 1.82) is 0 Å². The summed E-state index contributed by atoms with van der Waals surface area (Å²) in [5, 5.41) is 13.6. The van der Waals surface area contributed by atoms with E-state index in [1.165, 1.54) is 31.7 Å². The zero-order valence-corrected chi connectivity index (χ0v) is 13.6. The Morgan fingerprint density at radius 2 is 2.26 bits per heavy atom. The van der Waals surface area contributed by atoms with Crippen molar-refractivity contribution in [3.63, 3.8) is 0 Å². The number of carbonyl (C=O) groups is 1. The molecule has 0 aliphatic carbocycles. The largest absolute Gasteiger partial charge is 0.494 e. The standard InChI is InChI=1S/C16H23N3O4/c1-3-12-6-4-5-9-18(12)11-16(20)17-14-8-7-13(19(21)22)10-15(14)23-2/h7-8,10,12H,3-6,9,11H2,1-2H3,(H,17,20). The lowest BCUT2D eigenvalue weighted by Crippen LogP contribution is -2.43. The molecule has 0 spiro atoms. The van der Waals surface area contributed by atoms with Crippen LogP contribution in [0.1, 0.15) is 32.6 Å². The number of amides is 1. The van der Waals surface area contributed by atoms with E-state index in [0.29, 0.717) is 24.0 Å². The lowest BCUT2D eigenvalue weighted by Gasteiger charge is -2.34. The van der Waals surface area contributed by atoms with Gasteiger partial charge in [-0.2, -0.15) is 0 Å². The molecule has 1 aliphatic rings. The van der Waals surface area contributed by atoms with Crippen molar-refractivity contribution in [1.82, 2.24) is 4.90 Å². The number of likely N-dealkylation sites (tertiary alicyclic amines) is 1. The molecule has 0 aromatic heterocycles. The average molecular weight is 321 g/mol. The minimum atomic E-state index is -0.492. The van der Waals surface area contributed by atoms with Gasteiger partial charge in [-0.3, -0.25) is 19.8 Å². The van der Waals surface area contributed by atoms with Gasteiger partial charge in [0.05, 0.1) is 30.3 Å². The molecule has 1 amide bonds. The molecule has 1 aliphatic heterocycles. The third-order valence-corrected chi connectivity index (χ3v) is 4.24. The van der Waals surface area contributed by atoms with E-state index < -0.39 is 4.92 Å². The molecule has 1 N–H and O–H groups in total. The number of ether oxygens (including phenoxy) is 1. The van der Waals surface area contributed by atoms with E-state index in [9.17, 15) is 14.9 Å². The van der Waals surface area contributed by atoms with Crippen molar-refractivity contribution < 1.29 is 14.5 Å². The highest BCUT2D eigenvalue weighted by atomic mass is 16.6. The van der Waals surface area contributed by atoms with Crippen LogP contribution in [0, 0.1) is 10.1 Å². The first-order chi connectivity index (χ1) is 11.0. The molecule has 2 rings (SSSR count). The van der Waals surface area contributed by atoms with Gasteiger partial charge < -0.3 is 10.1 Å². The highest BCUT2D eigenvalue weighted by Crippen LogP contribution is 2.29. The van der Waals surface area contributed by atoms with Gasteiger partial charge in [-0.25, -0.2) is 0 Å². The van der Waals surface area contributed by atoms with Crippen LogP contribution in [0.5, 0.6) is 5.75 Å². The number of benzene rings is 1. The molecular weight excluding hydrogens is 298 g/mol. The third kappa shape index (κ3) is 4.41. The van der Waals surface area contributed by atoms with Crippen LogP contribution in [0.25, 0.3) is 0 Å². The fourth-order valence-electron chi connectivity index (χ4n) is 3.00. The highest BCUT2D eigenvalue weighted by Gasteiger charge is 2.23. The quantitative estimate of drug-likeness (QED) is 0.643. The molecule has 1 aromatic carbocycles. The summed E-state index contributed by atoms with van der Waals surface area (Å²) in [6.07, 6.45) is 4.50. The monoisotopic (exact) mass is 321 g/mol. The van der Waals surface area contributed by atoms with Crippen molar-refractivity contribution in [2.24, 2.45) is 0 Å². The van der Waals surface area contributed by atoms with Gasteiger partial charge in [0.2, 0.25) is 5.91 Å². The summed E-state index contributed by atoms with van der Waals surface area (Å²) in [5.74, 6) is 0.163. The number of anilines is 1. The molecule has 1 unspecified atom stereocenters. The van der Waals surface area contributed by atoms with Gasteiger partial charge in [0, 0.05) is 12.1 Å². The number of nitro groups is 1. The van der Waals surface area contributed by atoms with Crippen molar-refractivity contribution in [3.8, 4) is 5.75 Å². The van der Waals surface area contributed by atoms with Crippen LogP contribution in [0.2, 0.25) is 0 Å². The summed E-state index contributed by atoms with van der Waals surface area (Å²) < 4.78 is 5.14. The molecule has 1 aromatic rings. The molecule has 0 saturated carbocycles. The Morgan fingerprint density at radius 3 is 2.91 bits per heavy atom. The Kier molecular flexibility index (Phi) is 5.92. The van der Waals surface area contributed by atoms with Crippen molar-refractivity contribution >= 4 is 17.3 Å². The maximum absolute atomic E-state index is 12.3. The highest BCUT2D eigenvalue weighted by molar-refractivity contribution is 5.94. The molecule has 7 nitrogen and oxygen atoms in total. The van der Waals surface area contributed by atoms with Gasteiger partial charge in [0.25, 0.3) is 5.69 Å². The zero-order chi connectivity index (χ0) is 16.8. The SMILES string of the molecule is CCC1CCCCN1CC(=O)Nc1ccc([N+](=O)[O-])cc1OC. The Bertz CT molecular complexity index is 576. The van der Waals surface area contributed by atoms with Crippen LogP contribution >= 0.6 is 0 Å². The predicted octanol–water partition coefficient (Wildman–Crippen LogP) is 2.81. The second-order valence-corrected chi connectivity index (χ2v) is 5.72. The van der Waals surface area contributed by atoms with Crippen LogP contribution in [0.3, 0.4) is 0 Å². The Hall–Kier alpha value is -2.15. The van der Waals surface area contributed by atoms with Crippen LogP contribution in [-0.4, -0.2) is 42.0 Å². The molecule has 1 atom stereocenters. The Balaban J connectivity index is 2.03. The number of nitrogens with one attached hydrogen (secondary N) is 1. The number of nitrogens with zero attached hydrogens (tertiary/aromatic N) is 2. The maximum Gasteiger partial charge on any atom is 0.273 e. The van der Waals surface area contributed by atoms with E-state index in [4.69, 9.17) is 4.74 Å². The number of rotatable bonds is 6. The number of methoxy groups -OCH3 is 1. The van der Waals surface area contributed by atoms with Crippen molar-refractivity contribution in [2.75, 3.05) is 25.5 Å². The number of hydrogen-bond donors (Lipinski definition) is 1. The lowest BCUT2D eigenvalue weighted by molar-refractivity contribution is -0.384. The van der Waals surface area contributed by atoms with Gasteiger partial charge in [-0.1, -0.05) is 13.3 Å². The first-order valence-electron chi connectivity index (χ1n) is 7.91. The lowest BCUT2D eigenvalue weighted by atomic mass is 10.00. The molecule has 1 heterocycles. The summed E-state index contributed by atoms with van der Waals surface area (Å²) >= 11 is 0. The number of hydrogen-bond acceptors (Lipinski definition) is 5. The maximum atomic E-state index is 12.3. The van der Waals surface area contributed by atoms with Gasteiger partial charge in [-0.05, 0) is 31.9 Å². The van der Waals surface area contributed by atoms with E-state index in [1.807, 2.05) is 0 Å². The first-order valence-corrected chi connectivity index (χ1v) is 7.91. The first kappa shape index (κ1) is 17.2. The predicted molar refractivity (Wildman–Crippen MR) is 87.8 cm³/mol. The number of nitro benzene ring substituents is 1. The van der Waals surface area contributed by atoms with E-state index in [1.54, 1.807) is 0 Å². The van der Waals surface area contributed by atoms with E-state index in [0.717, 1.165) is 25.8 Å². The minimum absolute atomic E-state index is 0.0677. The van der Waals surface area contributed by atoms with Gasteiger partial charge in [0.15, 0.2) is 0 Å². The van der Waals surface area contributed by atoms with Crippen molar-refractivity contribution in [3.05, 3.63) is 28.3 Å². The fourth-order valence-corrected chi connectivity index (χ4v) is 3.00. The van der Waals surface area contributed by atoms with Gasteiger partial charge in [0.1, 0.15) is 5.75 Å². The normalized spacial score (nSPS) is 18.4. The topological polar surface area (TPSA) is 84.7 Å². The molecule has 1 saturated heterocycles. The Morgan fingerprint density at radius 1 is 1.48 bits per heavy atom. The molecular formula is C16H23N3O4. The second-order valence-electron chi connectivity index (χ2n) is 5.72. The smallest absolute Gasteiger partial charge is 0.273 e. The van der Waals surface area contributed by atoms with E-state index in [2.05, 4.69) is 17.1 Å². The molecule has 23 heavy (non-hydrogen) atoms. The van der Waals surface area contributed by atoms with E-state index >= 15 is 0 Å². The fraction of sp³-hybridized carbons (Fsp3) is 0.562.